The van der Waals surface area contributed by atoms with Gasteiger partial charge in [0.15, 0.2) is 0 Å². The Morgan fingerprint density at radius 2 is 2.00 bits per heavy atom. The van der Waals surface area contributed by atoms with E-state index >= 15 is 0 Å². The highest BCUT2D eigenvalue weighted by molar-refractivity contribution is 7.09. The Morgan fingerprint density at radius 3 is 2.58 bits per heavy atom. The van der Waals surface area contributed by atoms with Gasteiger partial charge < -0.3 is 5.32 Å². The van der Waals surface area contributed by atoms with Gasteiger partial charge in [0.25, 0.3) is 0 Å². The van der Waals surface area contributed by atoms with E-state index in [-0.39, 0.29) is 0 Å². The van der Waals surface area contributed by atoms with Crippen LogP contribution in [0, 0.1) is 5.92 Å². The van der Waals surface area contributed by atoms with Crippen molar-refractivity contribution in [2.75, 3.05) is 19.6 Å². The summed E-state index contributed by atoms with van der Waals surface area (Å²) in [5.74, 6) is 0.819. The Labute approximate surface area is 122 Å². The van der Waals surface area contributed by atoms with Gasteiger partial charge in [-0.3, -0.25) is 4.90 Å². The molecule has 0 bridgehead atoms. The molecule has 0 aromatic carbocycles. The first-order chi connectivity index (χ1) is 9.23. The van der Waals surface area contributed by atoms with Crippen LogP contribution in [0.25, 0.3) is 0 Å². The first kappa shape index (κ1) is 16.6. The quantitative estimate of drug-likeness (QED) is 0.712. The van der Waals surface area contributed by atoms with E-state index in [0.29, 0.717) is 0 Å². The zero-order valence-corrected chi connectivity index (χ0v) is 13.7. The standard InChI is InChI=1S/C15H29N3S/c1-5-13(6-2)10-18(8-4)11-14-12-19-15(17-14)9-16-7-3/h12-13,16H,5-11H2,1-4H3. The summed E-state index contributed by atoms with van der Waals surface area (Å²) in [6.45, 7) is 14.2. The zero-order chi connectivity index (χ0) is 14.1. The summed E-state index contributed by atoms with van der Waals surface area (Å²) in [4.78, 5) is 7.23. The van der Waals surface area contributed by atoms with E-state index in [4.69, 9.17) is 4.98 Å². The topological polar surface area (TPSA) is 28.2 Å². The molecule has 1 rings (SSSR count). The van der Waals surface area contributed by atoms with Crippen molar-refractivity contribution in [2.45, 2.75) is 53.6 Å². The first-order valence-electron chi connectivity index (χ1n) is 7.59. The molecule has 0 atom stereocenters. The average molecular weight is 283 g/mol. The molecule has 0 radical (unpaired) electrons. The van der Waals surface area contributed by atoms with E-state index in [0.717, 1.165) is 32.1 Å². The Kier molecular flexibility index (Phi) is 8.26. The summed E-state index contributed by atoms with van der Waals surface area (Å²) in [6.07, 6.45) is 2.55. The van der Waals surface area contributed by atoms with Crippen LogP contribution in [0.1, 0.15) is 51.2 Å². The van der Waals surface area contributed by atoms with Crippen molar-refractivity contribution >= 4 is 11.3 Å². The molecule has 0 saturated heterocycles. The van der Waals surface area contributed by atoms with Crippen molar-refractivity contribution in [2.24, 2.45) is 5.92 Å². The molecule has 3 nitrogen and oxygen atoms in total. The number of aromatic nitrogens is 1. The minimum Gasteiger partial charge on any atom is -0.311 e. The van der Waals surface area contributed by atoms with Gasteiger partial charge in [-0.25, -0.2) is 4.98 Å². The molecule has 4 heteroatoms. The van der Waals surface area contributed by atoms with Gasteiger partial charge in [0.05, 0.1) is 5.69 Å². The van der Waals surface area contributed by atoms with Gasteiger partial charge in [-0.1, -0.05) is 40.5 Å². The molecule has 1 aromatic rings. The lowest BCUT2D eigenvalue weighted by atomic mass is 10.0. The number of rotatable bonds is 10. The minimum atomic E-state index is 0.819. The highest BCUT2D eigenvalue weighted by atomic mass is 32.1. The summed E-state index contributed by atoms with van der Waals surface area (Å²) in [7, 11) is 0. The summed E-state index contributed by atoms with van der Waals surface area (Å²) >= 11 is 1.77. The summed E-state index contributed by atoms with van der Waals surface area (Å²) < 4.78 is 0. The van der Waals surface area contributed by atoms with Crippen molar-refractivity contribution < 1.29 is 0 Å². The predicted octanol–water partition coefficient (Wildman–Crippen LogP) is 3.51. The van der Waals surface area contributed by atoms with E-state index in [1.165, 1.54) is 30.1 Å². The van der Waals surface area contributed by atoms with Gasteiger partial charge in [-0.05, 0) is 19.0 Å². The van der Waals surface area contributed by atoms with Crippen LogP contribution in [0.15, 0.2) is 5.38 Å². The number of nitrogens with one attached hydrogen (secondary N) is 1. The van der Waals surface area contributed by atoms with Gasteiger partial charge in [-0.15, -0.1) is 11.3 Å². The van der Waals surface area contributed by atoms with E-state index in [1.54, 1.807) is 11.3 Å². The Hall–Kier alpha value is -0.450. The number of thiazole rings is 1. The lowest BCUT2D eigenvalue weighted by Crippen LogP contribution is -2.28. The monoisotopic (exact) mass is 283 g/mol. The molecule has 0 aliphatic heterocycles. The van der Waals surface area contributed by atoms with Gasteiger partial charge in [0.1, 0.15) is 5.01 Å². The SMILES string of the molecule is CCNCc1nc(CN(CC)CC(CC)CC)cs1. The molecule has 0 unspecified atom stereocenters. The molecule has 0 aliphatic rings. The fraction of sp³-hybridized carbons (Fsp3) is 0.800. The number of nitrogens with zero attached hydrogens (tertiary/aromatic N) is 2. The number of hydrogen-bond acceptors (Lipinski definition) is 4. The molecule has 1 N–H and O–H groups in total. The van der Waals surface area contributed by atoms with E-state index in [9.17, 15) is 0 Å². The normalized spacial score (nSPS) is 11.7. The van der Waals surface area contributed by atoms with Crippen molar-refractivity contribution in [3.05, 3.63) is 16.1 Å². The maximum Gasteiger partial charge on any atom is 0.107 e. The Balaban J connectivity index is 2.48. The van der Waals surface area contributed by atoms with Crippen molar-refractivity contribution in [1.29, 1.82) is 0 Å². The van der Waals surface area contributed by atoms with Gasteiger partial charge in [0, 0.05) is 25.0 Å². The van der Waals surface area contributed by atoms with Crippen molar-refractivity contribution in [3.8, 4) is 0 Å². The molecule has 0 saturated carbocycles. The highest BCUT2D eigenvalue weighted by Gasteiger charge is 2.12. The van der Waals surface area contributed by atoms with Crippen LogP contribution in [0.2, 0.25) is 0 Å². The zero-order valence-electron chi connectivity index (χ0n) is 12.9. The van der Waals surface area contributed by atoms with E-state index in [2.05, 4.69) is 43.3 Å². The molecule has 0 spiro atoms. The fourth-order valence-electron chi connectivity index (χ4n) is 2.18. The smallest absolute Gasteiger partial charge is 0.107 e. The molecule has 0 amide bonds. The maximum absolute atomic E-state index is 4.71. The fourth-order valence-corrected chi connectivity index (χ4v) is 2.94. The summed E-state index contributed by atoms with van der Waals surface area (Å²) in [5.41, 5.74) is 1.23. The summed E-state index contributed by atoms with van der Waals surface area (Å²) in [6, 6.07) is 0. The second-order valence-electron chi connectivity index (χ2n) is 5.02. The van der Waals surface area contributed by atoms with Gasteiger partial charge >= 0.3 is 0 Å². The molecule has 1 heterocycles. The molecular weight excluding hydrogens is 254 g/mol. The molecule has 19 heavy (non-hydrogen) atoms. The van der Waals surface area contributed by atoms with Crippen LogP contribution in [-0.4, -0.2) is 29.5 Å². The molecule has 1 aromatic heterocycles. The largest absolute Gasteiger partial charge is 0.311 e. The second kappa shape index (κ2) is 9.45. The second-order valence-corrected chi connectivity index (χ2v) is 5.97. The van der Waals surface area contributed by atoms with E-state index < -0.39 is 0 Å². The summed E-state index contributed by atoms with van der Waals surface area (Å²) in [5, 5.41) is 6.74. The molecule has 0 aliphatic carbocycles. The third kappa shape index (κ3) is 6.02. The van der Waals surface area contributed by atoms with Crippen LogP contribution in [0.5, 0.6) is 0 Å². The first-order valence-corrected chi connectivity index (χ1v) is 8.47. The van der Waals surface area contributed by atoms with Crippen LogP contribution >= 0.6 is 11.3 Å². The average Bonchev–Trinajstić information content (AvgIpc) is 2.88. The predicted molar refractivity (Wildman–Crippen MR) is 84.5 cm³/mol. The van der Waals surface area contributed by atoms with Gasteiger partial charge in [-0.2, -0.15) is 0 Å². The molecule has 0 fully saturated rings. The third-order valence-electron chi connectivity index (χ3n) is 3.63. The Bertz CT molecular complexity index is 334. The van der Waals surface area contributed by atoms with Crippen LogP contribution in [0.3, 0.4) is 0 Å². The third-order valence-corrected chi connectivity index (χ3v) is 4.53. The van der Waals surface area contributed by atoms with E-state index in [1.807, 2.05) is 0 Å². The Morgan fingerprint density at radius 1 is 1.26 bits per heavy atom. The minimum absolute atomic E-state index is 0.819. The van der Waals surface area contributed by atoms with Crippen LogP contribution in [-0.2, 0) is 13.1 Å². The van der Waals surface area contributed by atoms with Crippen LogP contribution < -0.4 is 5.32 Å². The lowest BCUT2D eigenvalue weighted by molar-refractivity contribution is 0.224. The maximum atomic E-state index is 4.71. The lowest BCUT2D eigenvalue weighted by Gasteiger charge is -2.24. The highest BCUT2D eigenvalue weighted by Crippen LogP contribution is 2.15. The molecular formula is C15H29N3S. The van der Waals surface area contributed by atoms with Crippen LogP contribution in [0.4, 0.5) is 0 Å². The molecule has 110 valence electrons. The number of hydrogen-bond donors (Lipinski definition) is 1. The van der Waals surface area contributed by atoms with Crippen molar-refractivity contribution in [3.63, 3.8) is 0 Å². The van der Waals surface area contributed by atoms with Gasteiger partial charge in [0.2, 0.25) is 0 Å². The van der Waals surface area contributed by atoms with Crippen molar-refractivity contribution in [1.82, 2.24) is 15.2 Å².